The molecule has 1 unspecified atom stereocenters. The maximum Gasteiger partial charge on any atom is 0.202 e. The summed E-state index contributed by atoms with van der Waals surface area (Å²) in [6.07, 6.45) is 9.63. The van der Waals surface area contributed by atoms with Crippen molar-refractivity contribution in [2.45, 2.75) is 69.9 Å². The summed E-state index contributed by atoms with van der Waals surface area (Å²) in [6, 6.07) is 0.504. The smallest absolute Gasteiger partial charge is 0.202 e. The predicted molar refractivity (Wildman–Crippen MR) is 77.7 cm³/mol. The Balaban J connectivity index is 1.61. The van der Waals surface area contributed by atoms with E-state index in [4.69, 9.17) is 4.74 Å². The van der Waals surface area contributed by atoms with Gasteiger partial charge in [-0.2, -0.15) is 4.37 Å². The fourth-order valence-electron chi connectivity index (χ4n) is 3.33. The van der Waals surface area contributed by atoms with E-state index in [0.29, 0.717) is 6.04 Å². The first-order valence-corrected chi connectivity index (χ1v) is 8.30. The molecule has 2 fully saturated rings. The maximum atomic E-state index is 6.13. The van der Waals surface area contributed by atoms with Gasteiger partial charge < -0.3 is 10.1 Å². The van der Waals surface area contributed by atoms with Crippen LogP contribution in [0.1, 0.15) is 57.7 Å². The average molecular weight is 281 g/mol. The monoisotopic (exact) mass is 281 g/mol. The molecule has 1 spiro atoms. The van der Waals surface area contributed by atoms with E-state index in [1.165, 1.54) is 43.6 Å². The molecule has 0 aromatic carbocycles. The second kappa shape index (κ2) is 5.75. The highest BCUT2D eigenvalue weighted by Gasteiger charge is 2.38. The normalized spacial score (nSPS) is 26.5. The van der Waals surface area contributed by atoms with E-state index in [2.05, 4.69) is 21.6 Å². The molecule has 1 aromatic rings. The molecule has 5 heteroatoms. The summed E-state index contributed by atoms with van der Waals surface area (Å²) in [6.45, 7) is 2.98. The first-order valence-electron chi connectivity index (χ1n) is 7.53. The topological polar surface area (TPSA) is 47.0 Å². The standard InChI is InChI=1S/C14H23N3OS/c1-2-12-16-13(19-17-12)15-11-6-9-18-14(10-11)7-4-3-5-8-14/h11H,2-10H2,1H3,(H,15,16,17). The van der Waals surface area contributed by atoms with Gasteiger partial charge in [-0.15, -0.1) is 0 Å². The molecular formula is C14H23N3OS. The van der Waals surface area contributed by atoms with Crippen molar-refractivity contribution in [2.75, 3.05) is 11.9 Å². The molecule has 0 radical (unpaired) electrons. The zero-order valence-corrected chi connectivity index (χ0v) is 12.5. The fraction of sp³-hybridized carbons (Fsp3) is 0.857. The number of hydrogen-bond acceptors (Lipinski definition) is 5. The molecule has 1 N–H and O–H groups in total. The van der Waals surface area contributed by atoms with E-state index in [9.17, 15) is 0 Å². The summed E-state index contributed by atoms with van der Waals surface area (Å²) < 4.78 is 10.5. The Morgan fingerprint density at radius 3 is 2.95 bits per heavy atom. The molecule has 1 aliphatic heterocycles. The highest BCUT2D eigenvalue weighted by atomic mass is 32.1. The molecule has 1 atom stereocenters. The van der Waals surface area contributed by atoms with Crippen LogP contribution in [0.25, 0.3) is 0 Å². The van der Waals surface area contributed by atoms with E-state index in [0.717, 1.165) is 36.8 Å². The average Bonchev–Trinajstić information content (AvgIpc) is 2.87. The Hall–Kier alpha value is -0.680. The summed E-state index contributed by atoms with van der Waals surface area (Å²) in [4.78, 5) is 4.51. The Labute approximate surface area is 119 Å². The summed E-state index contributed by atoms with van der Waals surface area (Å²) in [5, 5.41) is 4.55. The zero-order valence-electron chi connectivity index (χ0n) is 11.7. The first-order chi connectivity index (χ1) is 9.30. The van der Waals surface area contributed by atoms with Crippen LogP contribution in [-0.4, -0.2) is 27.6 Å². The molecule has 1 saturated carbocycles. The van der Waals surface area contributed by atoms with Gasteiger partial charge in [0.2, 0.25) is 5.13 Å². The summed E-state index contributed by atoms with van der Waals surface area (Å²) in [7, 11) is 0. The highest BCUT2D eigenvalue weighted by molar-refractivity contribution is 7.09. The van der Waals surface area contributed by atoms with E-state index in [1.54, 1.807) is 0 Å². The van der Waals surface area contributed by atoms with Crippen molar-refractivity contribution in [1.82, 2.24) is 9.36 Å². The van der Waals surface area contributed by atoms with Crippen molar-refractivity contribution in [3.63, 3.8) is 0 Å². The van der Waals surface area contributed by atoms with Crippen molar-refractivity contribution in [3.8, 4) is 0 Å². The number of anilines is 1. The van der Waals surface area contributed by atoms with Gasteiger partial charge in [-0.1, -0.05) is 26.2 Å². The number of rotatable bonds is 3. The molecule has 1 aliphatic carbocycles. The zero-order chi connectivity index (χ0) is 13.1. The van der Waals surface area contributed by atoms with Crippen LogP contribution in [-0.2, 0) is 11.2 Å². The van der Waals surface area contributed by atoms with Gasteiger partial charge in [0, 0.05) is 30.6 Å². The maximum absolute atomic E-state index is 6.13. The molecule has 106 valence electrons. The van der Waals surface area contributed by atoms with Gasteiger partial charge in [-0.05, 0) is 25.7 Å². The Kier molecular flexibility index (Phi) is 4.03. The second-order valence-corrected chi connectivity index (χ2v) is 6.55. The fourth-order valence-corrected chi connectivity index (χ4v) is 4.05. The number of nitrogens with zero attached hydrogens (tertiary/aromatic N) is 2. The lowest BCUT2D eigenvalue weighted by Crippen LogP contribution is -2.45. The van der Waals surface area contributed by atoms with Gasteiger partial charge in [0.15, 0.2) is 0 Å². The van der Waals surface area contributed by atoms with Crippen LogP contribution in [0.5, 0.6) is 0 Å². The van der Waals surface area contributed by atoms with Crippen LogP contribution in [0.4, 0.5) is 5.13 Å². The summed E-state index contributed by atoms with van der Waals surface area (Å²) in [5.74, 6) is 0.951. The quantitative estimate of drug-likeness (QED) is 0.922. The number of ether oxygens (including phenoxy) is 1. The molecule has 2 aliphatic rings. The third-order valence-corrected chi connectivity index (χ3v) is 5.05. The number of aryl methyl sites for hydroxylation is 1. The third kappa shape index (κ3) is 3.08. The van der Waals surface area contributed by atoms with Crippen LogP contribution in [0.3, 0.4) is 0 Å². The van der Waals surface area contributed by atoms with Gasteiger partial charge in [-0.3, -0.25) is 0 Å². The van der Waals surface area contributed by atoms with Crippen LogP contribution in [0, 0.1) is 0 Å². The molecular weight excluding hydrogens is 258 g/mol. The van der Waals surface area contributed by atoms with Crippen molar-refractivity contribution < 1.29 is 4.74 Å². The van der Waals surface area contributed by atoms with Crippen LogP contribution >= 0.6 is 11.5 Å². The van der Waals surface area contributed by atoms with Gasteiger partial charge in [-0.25, -0.2) is 4.98 Å². The summed E-state index contributed by atoms with van der Waals surface area (Å²) in [5.41, 5.74) is 0.159. The van der Waals surface area contributed by atoms with Crippen LogP contribution in [0.15, 0.2) is 0 Å². The molecule has 2 heterocycles. The van der Waals surface area contributed by atoms with Crippen molar-refractivity contribution in [1.29, 1.82) is 0 Å². The van der Waals surface area contributed by atoms with E-state index >= 15 is 0 Å². The lowest BCUT2D eigenvalue weighted by Gasteiger charge is -2.43. The number of hydrogen-bond donors (Lipinski definition) is 1. The highest BCUT2D eigenvalue weighted by Crippen LogP contribution is 2.39. The van der Waals surface area contributed by atoms with E-state index in [1.807, 2.05) is 0 Å². The van der Waals surface area contributed by atoms with E-state index < -0.39 is 0 Å². The van der Waals surface area contributed by atoms with Crippen LogP contribution in [0.2, 0.25) is 0 Å². The lowest BCUT2D eigenvalue weighted by atomic mass is 9.78. The Bertz CT molecular complexity index is 409. The SMILES string of the molecule is CCc1nsc(NC2CCOC3(CCCCC3)C2)n1. The van der Waals surface area contributed by atoms with Crippen molar-refractivity contribution in [3.05, 3.63) is 5.82 Å². The van der Waals surface area contributed by atoms with Crippen LogP contribution < -0.4 is 5.32 Å². The number of aromatic nitrogens is 2. The third-order valence-electron chi connectivity index (χ3n) is 4.37. The first kappa shape index (κ1) is 13.3. The largest absolute Gasteiger partial charge is 0.375 e. The number of nitrogens with one attached hydrogen (secondary N) is 1. The minimum atomic E-state index is 0.159. The Morgan fingerprint density at radius 1 is 1.37 bits per heavy atom. The molecule has 0 bridgehead atoms. The van der Waals surface area contributed by atoms with Crippen molar-refractivity contribution in [2.24, 2.45) is 0 Å². The molecule has 19 heavy (non-hydrogen) atoms. The Morgan fingerprint density at radius 2 is 2.21 bits per heavy atom. The minimum absolute atomic E-state index is 0.159. The van der Waals surface area contributed by atoms with Gasteiger partial charge in [0.05, 0.1) is 5.60 Å². The molecule has 4 nitrogen and oxygen atoms in total. The van der Waals surface area contributed by atoms with Gasteiger partial charge >= 0.3 is 0 Å². The van der Waals surface area contributed by atoms with E-state index in [-0.39, 0.29) is 5.60 Å². The molecule has 3 rings (SSSR count). The molecule has 1 saturated heterocycles. The second-order valence-electron chi connectivity index (χ2n) is 5.80. The summed E-state index contributed by atoms with van der Waals surface area (Å²) >= 11 is 1.49. The predicted octanol–water partition coefficient (Wildman–Crippen LogP) is 3.39. The molecule has 1 aromatic heterocycles. The van der Waals surface area contributed by atoms with Crippen molar-refractivity contribution >= 4 is 16.7 Å². The lowest BCUT2D eigenvalue weighted by molar-refractivity contribution is -0.103. The minimum Gasteiger partial charge on any atom is -0.375 e. The van der Waals surface area contributed by atoms with Gasteiger partial charge in [0.1, 0.15) is 5.82 Å². The van der Waals surface area contributed by atoms with Gasteiger partial charge in [0.25, 0.3) is 0 Å². The molecule has 0 amide bonds.